The van der Waals surface area contributed by atoms with E-state index in [2.05, 4.69) is 0 Å². The lowest BCUT2D eigenvalue weighted by molar-refractivity contribution is -0.136. The Morgan fingerprint density at radius 3 is 2.84 bits per heavy atom. The average Bonchev–Trinajstić information content (AvgIpc) is 2.51. The molecule has 0 radical (unpaired) electrons. The number of aliphatic carboxylic acids is 1. The van der Waals surface area contributed by atoms with Crippen LogP contribution in [-0.2, 0) is 9.59 Å². The minimum Gasteiger partial charge on any atom is -0.481 e. The number of nitrogens with zero attached hydrogens (tertiary/aromatic N) is 1. The highest BCUT2D eigenvalue weighted by Crippen LogP contribution is 2.33. The van der Waals surface area contributed by atoms with Crippen molar-refractivity contribution in [2.24, 2.45) is 0 Å². The van der Waals surface area contributed by atoms with Crippen LogP contribution in [0.1, 0.15) is 25.7 Å². The van der Waals surface area contributed by atoms with Crippen LogP contribution >= 0.6 is 0 Å². The highest BCUT2D eigenvalue weighted by atomic mass is 16.4. The Balaban J connectivity index is 2.40. The lowest BCUT2D eigenvalue weighted by atomic mass is 9.94. The van der Waals surface area contributed by atoms with Crippen LogP contribution < -0.4 is 0 Å². The number of aliphatic hydroxyl groups excluding tert-OH is 1. The summed E-state index contributed by atoms with van der Waals surface area (Å²) >= 11 is 0. The molecule has 0 unspecified atom stereocenters. The fourth-order valence-corrected chi connectivity index (χ4v) is 2.53. The van der Waals surface area contributed by atoms with Gasteiger partial charge in [0, 0.05) is 18.7 Å². The Labute approximate surface area is 111 Å². The van der Waals surface area contributed by atoms with Crippen LogP contribution in [0.3, 0.4) is 0 Å². The predicted molar refractivity (Wildman–Crippen MR) is 69.2 cm³/mol. The maximum Gasteiger partial charge on any atom is 0.307 e. The van der Waals surface area contributed by atoms with Gasteiger partial charge in [-0.15, -0.1) is 0 Å². The smallest absolute Gasteiger partial charge is 0.307 e. The standard InChI is InChI=1S/C14H17NO4/c16-8-7-15-12-4-2-1-3-11(12)10(9-14(18)19)5-6-13(15)17/h1-2,4,16H,3,5-9H2,(H,18,19). The van der Waals surface area contributed by atoms with Crippen molar-refractivity contribution in [3.8, 4) is 0 Å². The number of β-amino-alcohol motifs (C(OH)–C–C–N with tert-alkyl or cyclic N) is 1. The minimum absolute atomic E-state index is 0.0270. The molecule has 19 heavy (non-hydrogen) atoms. The molecule has 5 nitrogen and oxygen atoms in total. The zero-order valence-electron chi connectivity index (χ0n) is 10.6. The molecular weight excluding hydrogens is 246 g/mol. The minimum atomic E-state index is -0.875. The molecule has 0 aromatic carbocycles. The Morgan fingerprint density at radius 2 is 2.16 bits per heavy atom. The lowest BCUT2D eigenvalue weighted by Gasteiger charge is -2.26. The van der Waals surface area contributed by atoms with Crippen LogP contribution in [-0.4, -0.2) is 40.1 Å². The summed E-state index contributed by atoms with van der Waals surface area (Å²) in [6, 6.07) is 0. The molecular formula is C14H17NO4. The van der Waals surface area contributed by atoms with Gasteiger partial charge in [-0.25, -0.2) is 0 Å². The van der Waals surface area contributed by atoms with Crippen molar-refractivity contribution in [1.29, 1.82) is 0 Å². The normalized spacial score (nSPS) is 19.1. The fraction of sp³-hybridized carbons (Fsp3) is 0.429. The van der Waals surface area contributed by atoms with Gasteiger partial charge in [-0.3, -0.25) is 9.59 Å². The highest BCUT2D eigenvalue weighted by molar-refractivity contribution is 5.81. The summed E-state index contributed by atoms with van der Waals surface area (Å²) in [7, 11) is 0. The van der Waals surface area contributed by atoms with Gasteiger partial charge in [0.2, 0.25) is 5.91 Å². The van der Waals surface area contributed by atoms with E-state index in [0.717, 1.165) is 16.8 Å². The molecule has 0 saturated heterocycles. The molecule has 1 heterocycles. The van der Waals surface area contributed by atoms with Gasteiger partial charge in [0.05, 0.1) is 13.0 Å². The van der Waals surface area contributed by atoms with Crippen LogP contribution in [0.5, 0.6) is 0 Å². The largest absolute Gasteiger partial charge is 0.481 e. The number of carboxylic acid groups (broad SMARTS) is 1. The molecule has 102 valence electrons. The molecule has 0 aromatic heterocycles. The fourth-order valence-electron chi connectivity index (χ4n) is 2.53. The van der Waals surface area contributed by atoms with E-state index in [1.165, 1.54) is 0 Å². The van der Waals surface area contributed by atoms with Gasteiger partial charge in [0.1, 0.15) is 0 Å². The summed E-state index contributed by atoms with van der Waals surface area (Å²) in [5.41, 5.74) is 2.48. The van der Waals surface area contributed by atoms with Crippen LogP contribution in [0, 0.1) is 0 Å². The van der Waals surface area contributed by atoms with E-state index in [1.54, 1.807) is 4.90 Å². The summed E-state index contributed by atoms with van der Waals surface area (Å²) in [6.45, 7) is 0.150. The molecule has 1 amide bonds. The third-order valence-corrected chi connectivity index (χ3v) is 3.37. The second-order valence-corrected chi connectivity index (χ2v) is 4.61. The van der Waals surface area contributed by atoms with E-state index in [9.17, 15) is 9.59 Å². The number of fused-ring (bicyclic) bond motifs is 1. The summed E-state index contributed by atoms with van der Waals surface area (Å²) in [6.07, 6.45) is 7.02. The zero-order valence-corrected chi connectivity index (χ0v) is 10.6. The van der Waals surface area contributed by atoms with E-state index in [0.29, 0.717) is 19.3 Å². The molecule has 2 N–H and O–H groups in total. The van der Waals surface area contributed by atoms with Gasteiger partial charge in [-0.05, 0) is 24.5 Å². The second kappa shape index (κ2) is 5.84. The first-order valence-corrected chi connectivity index (χ1v) is 6.34. The summed E-state index contributed by atoms with van der Waals surface area (Å²) in [4.78, 5) is 24.6. The van der Waals surface area contributed by atoms with Gasteiger partial charge < -0.3 is 15.1 Å². The molecule has 5 heteroatoms. The van der Waals surface area contributed by atoms with Crippen molar-refractivity contribution in [2.75, 3.05) is 13.2 Å². The molecule has 0 saturated carbocycles. The number of rotatable bonds is 4. The molecule has 1 aliphatic carbocycles. The number of amides is 1. The summed E-state index contributed by atoms with van der Waals surface area (Å²) in [5, 5.41) is 18.1. The number of carbonyl (C=O) groups is 2. The van der Waals surface area contributed by atoms with E-state index in [1.807, 2.05) is 18.2 Å². The number of hydrogen-bond donors (Lipinski definition) is 2. The summed E-state index contributed by atoms with van der Waals surface area (Å²) < 4.78 is 0. The maximum absolute atomic E-state index is 12.1. The first-order chi connectivity index (χ1) is 9.13. The Bertz CT molecular complexity index is 488. The third kappa shape index (κ3) is 2.93. The van der Waals surface area contributed by atoms with Crippen molar-refractivity contribution in [3.05, 3.63) is 35.1 Å². The number of carboxylic acids is 1. The van der Waals surface area contributed by atoms with Crippen LogP contribution in [0.25, 0.3) is 0 Å². The first-order valence-electron chi connectivity index (χ1n) is 6.34. The van der Waals surface area contributed by atoms with E-state index in [-0.39, 0.29) is 25.5 Å². The molecule has 0 fully saturated rings. The van der Waals surface area contributed by atoms with Crippen LogP contribution in [0.4, 0.5) is 0 Å². The van der Waals surface area contributed by atoms with Gasteiger partial charge in [-0.1, -0.05) is 17.7 Å². The van der Waals surface area contributed by atoms with Crippen molar-refractivity contribution >= 4 is 11.9 Å². The van der Waals surface area contributed by atoms with E-state index in [4.69, 9.17) is 10.2 Å². The number of allylic oxidation sites excluding steroid dienone is 4. The number of aliphatic hydroxyl groups is 1. The van der Waals surface area contributed by atoms with Gasteiger partial charge in [0.15, 0.2) is 0 Å². The van der Waals surface area contributed by atoms with Crippen LogP contribution in [0.2, 0.25) is 0 Å². The molecule has 2 aliphatic rings. The van der Waals surface area contributed by atoms with Crippen molar-refractivity contribution in [3.63, 3.8) is 0 Å². The second-order valence-electron chi connectivity index (χ2n) is 4.61. The highest BCUT2D eigenvalue weighted by Gasteiger charge is 2.27. The lowest BCUT2D eigenvalue weighted by Crippen LogP contribution is -2.32. The topological polar surface area (TPSA) is 77.8 Å². The molecule has 0 bridgehead atoms. The zero-order chi connectivity index (χ0) is 13.8. The number of carbonyl (C=O) groups excluding carboxylic acids is 1. The average molecular weight is 263 g/mol. The van der Waals surface area contributed by atoms with Gasteiger partial charge >= 0.3 is 5.97 Å². The Hall–Kier alpha value is -1.88. The molecule has 2 rings (SSSR count). The van der Waals surface area contributed by atoms with Crippen molar-refractivity contribution < 1.29 is 19.8 Å². The molecule has 0 atom stereocenters. The monoisotopic (exact) mass is 263 g/mol. The van der Waals surface area contributed by atoms with Crippen molar-refractivity contribution in [1.82, 2.24) is 4.90 Å². The van der Waals surface area contributed by atoms with Gasteiger partial charge in [-0.2, -0.15) is 0 Å². The first kappa shape index (κ1) is 13.5. The van der Waals surface area contributed by atoms with Gasteiger partial charge in [0.25, 0.3) is 0 Å². The quantitative estimate of drug-likeness (QED) is 0.799. The third-order valence-electron chi connectivity index (χ3n) is 3.37. The van der Waals surface area contributed by atoms with Crippen molar-refractivity contribution in [2.45, 2.75) is 25.7 Å². The number of hydrogen-bond acceptors (Lipinski definition) is 3. The Morgan fingerprint density at radius 1 is 1.37 bits per heavy atom. The molecule has 0 aromatic rings. The summed E-state index contributed by atoms with van der Waals surface area (Å²) in [5.74, 6) is -0.937. The predicted octanol–water partition coefficient (Wildman–Crippen LogP) is 1.22. The van der Waals surface area contributed by atoms with Crippen LogP contribution in [0.15, 0.2) is 35.1 Å². The SMILES string of the molecule is O=C(O)CC1=C2CC=CC=C2N(CCO)C(=O)CC1. The molecule has 1 aliphatic heterocycles. The molecule has 0 spiro atoms. The van der Waals surface area contributed by atoms with E-state index < -0.39 is 5.97 Å². The van der Waals surface area contributed by atoms with E-state index >= 15 is 0 Å². The Kier molecular flexibility index (Phi) is 4.16. The maximum atomic E-state index is 12.1.